The molecule has 0 unspecified atom stereocenters. The SMILES string of the molecule is [2H]c1c([2H])c([2H])c(-c2c3ccccc3c(-c3cccc4c(-c5ccc6c(-c7ccc(C(C)C)cc7)cccc6c5)cccc34)c3ccccc23)c([2H])c1[2H]. The molecule has 0 fully saturated rings. The van der Waals surface area contributed by atoms with Gasteiger partial charge in [-0.1, -0.05) is 184 Å². The maximum absolute atomic E-state index is 8.91. The standard InChI is InChI=1S/C49H36/c1-32(2)33-25-27-34(28-26-33)38-20-10-15-36-31-37(29-30-40(36)38)39-21-11-23-42-41(39)22-12-24-43(42)49-46-18-8-6-16-44(46)48(35-13-4-3-5-14-35)45-17-7-9-19-47(45)49/h3-32H,1-2H3/i3D,4D,5D,13D,14D. The predicted octanol–water partition coefficient (Wildman–Crippen LogP) is 14.1. The minimum atomic E-state index is -0.395. The molecule has 0 aromatic heterocycles. The fourth-order valence-electron chi connectivity index (χ4n) is 7.59. The number of benzene rings is 9. The highest BCUT2D eigenvalue weighted by molar-refractivity contribution is 6.24. The molecule has 9 aromatic rings. The van der Waals surface area contributed by atoms with E-state index in [1.807, 2.05) is 36.4 Å². The Hall–Kier alpha value is -5.98. The van der Waals surface area contributed by atoms with Crippen LogP contribution in [0.15, 0.2) is 176 Å². The minimum absolute atomic E-state index is 0.203. The highest BCUT2D eigenvalue weighted by Crippen LogP contribution is 2.46. The molecule has 0 nitrogen and oxygen atoms in total. The van der Waals surface area contributed by atoms with E-state index >= 15 is 0 Å². The van der Waals surface area contributed by atoms with Gasteiger partial charge in [-0.25, -0.2) is 0 Å². The average molecular weight is 630 g/mol. The average Bonchev–Trinajstić information content (AvgIpc) is 3.21. The first-order valence-corrected chi connectivity index (χ1v) is 16.9. The first-order valence-electron chi connectivity index (χ1n) is 19.4. The first kappa shape index (κ1) is 24.2. The summed E-state index contributed by atoms with van der Waals surface area (Å²) in [6.45, 7) is 4.44. The van der Waals surface area contributed by atoms with Crippen LogP contribution in [0.3, 0.4) is 0 Å². The Morgan fingerprint density at radius 1 is 0.388 bits per heavy atom. The monoisotopic (exact) mass is 629 g/mol. The molecule has 9 aromatic carbocycles. The third kappa shape index (κ3) is 4.91. The lowest BCUT2D eigenvalue weighted by atomic mass is 9.84. The van der Waals surface area contributed by atoms with Crippen molar-refractivity contribution < 1.29 is 6.85 Å². The van der Waals surface area contributed by atoms with Crippen LogP contribution in [0.2, 0.25) is 0 Å². The Kier molecular flexibility index (Phi) is 5.89. The van der Waals surface area contributed by atoms with Crippen molar-refractivity contribution in [3.05, 3.63) is 181 Å². The third-order valence-electron chi connectivity index (χ3n) is 9.95. The molecule has 0 amide bonds. The van der Waals surface area contributed by atoms with Crippen LogP contribution in [0.1, 0.15) is 32.2 Å². The summed E-state index contributed by atoms with van der Waals surface area (Å²) in [5.74, 6) is 0.490. The van der Waals surface area contributed by atoms with E-state index in [-0.39, 0.29) is 29.7 Å². The largest absolute Gasteiger partial charge is 0.0629 e. The summed E-state index contributed by atoms with van der Waals surface area (Å²) in [4.78, 5) is 0. The van der Waals surface area contributed by atoms with Crippen LogP contribution < -0.4 is 0 Å². The lowest BCUT2D eigenvalue weighted by molar-refractivity contribution is 0.867. The predicted molar refractivity (Wildman–Crippen MR) is 212 cm³/mol. The van der Waals surface area contributed by atoms with Gasteiger partial charge in [-0.05, 0) is 105 Å². The second-order valence-electron chi connectivity index (χ2n) is 13.1. The van der Waals surface area contributed by atoms with Crippen molar-refractivity contribution in [2.24, 2.45) is 0 Å². The second-order valence-corrected chi connectivity index (χ2v) is 13.1. The van der Waals surface area contributed by atoms with Crippen molar-refractivity contribution >= 4 is 43.1 Å². The van der Waals surface area contributed by atoms with Crippen molar-refractivity contribution in [3.8, 4) is 44.5 Å². The Bertz CT molecular complexity index is 2870. The maximum Gasteiger partial charge on any atom is 0.0629 e. The lowest BCUT2D eigenvalue weighted by Crippen LogP contribution is -1.92. The topological polar surface area (TPSA) is 0 Å². The van der Waals surface area contributed by atoms with Gasteiger partial charge < -0.3 is 0 Å². The van der Waals surface area contributed by atoms with Gasteiger partial charge in [0, 0.05) is 0 Å². The van der Waals surface area contributed by atoms with Crippen molar-refractivity contribution in [2.75, 3.05) is 0 Å². The highest BCUT2D eigenvalue weighted by Gasteiger charge is 2.18. The van der Waals surface area contributed by atoms with Crippen molar-refractivity contribution in [1.82, 2.24) is 0 Å². The molecule has 0 heterocycles. The van der Waals surface area contributed by atoms with E-state index in [1.165, 1.54) is 27.5 Å². The Balaban J connectivity index is 1.25. The van der Waals surface area contributed by atoms with Crippen molar-refractivity contribution in [2.45, 2.75) is 19.8 Å². The molecule has 49 heavy (non-hydrogen) atoms. The second kappa shape index (κ2) is 11.9. The zero-order chi connectivity index (χ0) is 37.2. The molecule has 9 rings (SSSR count). The van der Waals surface area contributed by atoms with E-state index < -0.39 is 6.04 Å². The summed E-state index contributed by atoms with van der Waals surface area (Å²) in [7, 11) is 0. The Morgan fingerprint density at radius 2 is 0.898 bits per heavy atom. The van der Waals surface area contributed by atoms with Crippen LogP contribution in [-0.4, -0.2) is 0 Å². The van der Waals surface area contributed by atoms with Crippen LogP contribution >= 0.6 is 0 Å². The molecule has 0 radical (unpaired) electrons. The minimum Gasteiger partial charge on any atom is -0.0622 e. The molecule has 0 aliphatic heterocycles. The molecule has 0 N–H and O–H groups in total. The summed E-state index contributed by atoms with van der Waals surface area (Å²) in [6, 6.07) is 49.8. The van der Waals surface area contributed by atoms with Gasteiger partial charge in [0.25, 0.3) is 0 Å². The van der Waals surface area contributed by atoms with E-state index in [2.05, 4.69) is 123 Å². The van der Waals surface area contributed by atoms with Gasteiger partial charge >= 0.3 is 0 Å². The number of fused-ring (bicyclic) bond motifs is 4. The molecule has 0 atom stereocenters. The number of hydrogen-bond acceptors (Lipinski definition) is 0. The summed E-state index contributed by atoms with van der Waals surface area (Å²) >= 11 is 0. The smallest absolute Gasteiger partial charge is 0.0622 e. The molecule has 232 valence electrons. The molecule has 0 heteroatoms. The third-order valence-corrected chi connectivity index (χ3v) is 9.95. The van der Waals surface area contributed by atoms with Gasteiger partial charge in [-0.15, -0.1) is 0 Å². The van der Waals surface area contributed by atoms with Gasteiger partial charge in [0.05, 0.1) is 6.85 Å². The number of hydrogen-bond donors (Lipinski definition) is 0. The van der Waals surface area contributed by atoms with Gasteiger partial charge in [-0.2, -0.15) is 0 Å². The summed E-state index contributed by atoms with van der Waals surface area (Å²) in [6.07, 6.45) is 0. The summed E-state index contributed by atoms with van der Waals surface area (Å²) < 4.78 is 43.0. The van der Waals surface area contributed by atoms with Gasteiger partial charge in [0.2, 0.25) is 0 Å². The highest BCUT2D eigenvalue weighted by atomic mass is 14.2. The van der Waals surface area contributed by atoms with Crippen LogP contribution in [0.25, 0.3) is 87.6 Å². The molecule has 0 spiro atoms. The first-order chi connectivity index (χ1) is 26.2. The molecule has 0 saturated heterocycles. The van der Waals surface area contributed by atoms with Crippen LogP contribution in [0, 0.1) is 0 Å². The van der Waals surface area contributed by atoms with Crippen molar-refractivity contribution in [3.63, 3.8) is 0 Å². The number of rotatable bonds is 5. The maximum atomic E-state index is 8.91. The van der Waals surface area contributed by atoms with E-state index in [0.717, 1.165) is 54.6 Å². The normalized spacial score (nSPS) is 13.1. The Morgan fingerprint density at radius 3 is 1.53 bits per heavy atom. The molecule has 0 saturated carbocycles. The van der Waals surface area contributed by atoms with Crippen molar-refractivity contribution in [1.29, 1.82) is 0 Å². The van der Waals surface area contributed by atoms with E-state index in [4.69, 9.17) is 6.85 Å². The molecule has 0 aliphatic rings. The molecular weight excluding hydrogens is 589 g/mol. The lowest BCUT2D eigenvalue weighted by Gasteiger charge is -2.19. The Labute approximate surface area is 295 Å². The summed E-state index contributed by atoms with van der Waals surface area (Å²) in [5, 5.41) is 8.23. The fraction of sp³-hybridized carbons (Fsp3) is 0.0612. The van der Waals surface area contributed by atoms with Gasteiger partial charge in [0.15, 0.2) is 0 Å². The van der Waals surface area contributed by atoms with Crippen LogP contribution in [0.5, 0.6) is 0 Å². The van der Waals surface area contributed by atoms with Crippen LogP contribution in [0.4, 0.5) is 0 Å². The summed E-state index contributed by atoms with van der Waals surface area (Å²) in [5.41, 5.74) is 9.04. The molecule has 0 aliphatic carbocycles. The van der Waals surface area contributed by atoms with Gasteiger partial charge in [-0.3, -0.25) is 0 Å². The molecule has 0 bridgehead atoms. The van der Waals surface area contributed by atoms with Crippen LogP contribution in [-0.2, 0) is 0 Å². The molecular formula is C49H36. The zero-order valence-corrected chi connectivity index (χ0v) is 27.4. The zero-order valence-electron chi connectivity index (χ0n) is 32.4. The van der Waals surface area contributed by atoms with E-state index in [0.29, 0.717) is 11.5 Å². The van der Waals surface area contributed by atoms with Gasteiger partial charge in [0.1, 0.15) is 0 Å². The van der Waals surface area contributed by atoms with E-state index in [9.17, 15) is 0 Å². The van der Waals surface area contributed by atoms with E-state index in [1.54, 1.807) is 0 Å². The fourth-order valence-corrected chi connectivity index (χ4v) is 7.59. The quantitative estimate of drug-likeness (QED) is 0.166.